The lowest BCUT2D eigenvalue weighted by Crippen LogP contribution is -2.21. The minimum Gasteiger partial charge on any atom is -0.267 e. The number of hydrogen-bond donors (Lipinski definition) is 1. The van der Waals surface area contributed by atoms with Gasteiger partial charge in [-0.05, 0) is 53.6 Å². The Bertz CT molecular complexity index is 937. The van der Waals surface area contributed by atoms with E-state index in [1.165, 1.54) is 0 Å². The van der Waals surface area contributed by atoms with E-state index in [-0.39, 0.29) is 5.91 Å². The largest absolute Gasteiger partial charge is 0.271 e. The van der Waals surface area contributed by atoms with Crippen molar-refractivity contribution in [3.8, 4) is 0 Å². The minimum absolute atomic E-state index is 0.258. The van der Waals surface area contributed by atoms with E-state index in [1.807, 2.05) is 60.7 Å². The van der Waals surface area contributed by atoms with Crippen LogP contribution in [0, 0.1) is 0 Å². The molecule has 1 amide bonds. The van der Waals surface area contributed by atoms with Gasteiger partial charge in [0.1, 0.15) is 0 Å². The van der Waals surface area contributed by atoms with Crippen molar-refractivity contribution in [3.05, 3.63) is 104 Å². The molecule has 0 aliphatic heterocycles. The van der Waals surface area contributed by atoms with Gasteiger partial charge in [-0.25, -0.2) is 5.43 Å². The van der Waals surface area contributed by atoms with Crippen LogP contribution in [0.2, 0.25) is 10.0 Å². The third kappa shape index (κ3) is 6.20. The van der Waals surface area contributed by atoms with E-state index in [0.29, 0.717) is 28.5 Å². The van der Waals surface area contributed by atoms with Gasteiger partial charge in [-0.1, -0.05) is 69.5 Å². The van der Waals surface area contributed by atoms with Crippen LogP contribution in [0.25, 0.3) is 0 Å². The number of rotatable bonds is 6. The van der Waals surface area contributed by atoms with Crippen molar-refractivity contribution in [2.45, 2.75) is 12.8 Å². The maximum Gasteiger partial charge on any atom is 0.271 e. The summed E-state index contributed by atoms with van der Waals surface area (Å²) in [7, 11) is 0. The van der Waals surface area contributed by atoms with Crippen molar-refractivity contribution in [3.63, 3.8) is 0 Å². The molecule has 0 unspecified atom stereocenters. The fourth-order valence-electron chi connectivity index (χ4n) is 2.64. The molecule has 0 radical (unpaired) electrons. The third-order valence-corrected chi connectivity index (χ3v) is 5.04. The number of benzene rings is 3. The van der Waals surface area contributed by atoms with E-state index in [9.17, 15) is 4.79 Å². The first kappa shape index (κ1) is 20.6. The molecule has 3 nitrogen and oxygen atoms in total. The molecule has 0 aliphatic rings. The first-order chi connectivity index (χ1) is 13.5. The quantitative estimate of drug-likeness (QED) is 0.328. The molecule has 0 aliphatic carbocycles. The topological polar surface area (TPSA) is 41.5 Å². The van der Waals surface area contributed by atoms with E-state index >= 15 is 0 Å². The predicted molar refractivity (Wildman–Crippen MR) is 119 cm³/mol. The van der Waals surface area contributed by atoms with Crippen LogP contribution < -0.4 is 5.43 Å². The Morgan fingerprint density at radius 1 is 0.857 bits per heavy atom. The summed E-state index contributed by atoms with van der Waals surface area (Å²) in [4.78, 5) is 12.4. The number of hydrazone groups is 1. The van der Waals surface area contributed by atoms with E-state index in [2.05, 4.69) is 26.5 Å². The number of nitrogens with one attached hydrogen (secondary N) is 1. The Morgan fingerprint density at radius 2 is 1.39 bits per heavy atom. The van der Waals surface area contributed by atoms with Crippen LogP contribution in [-0.4, -0.2) is 11.6 Å². The highest BCUT2D eigenvalue weighted by Crippen LogP contribution is 2.15. The molecule has 0 atom stereocenters. The van der Waals surface area contributed by atoms with Gasteiger partial charge in [0, 0.05) is 38.6 Å². The maximum absolute atomic E-state index is 12.4. The highest BCUT2D eigenvalue weighted by Gasteiger charge is 2.08. The molecule has 0 spiro atoms. The van der Waals surface area contributed by atoms with Gasteiger partial charge in [-0.2, -0.15) is 5.10 Å². The molecule has 3 rings (SSSR count). The lowest BCUT2D eigenvalue weighted by molar-refractivity contribution is 0.0954. The number of nitrogens with zero attached hydrogens (tertiary/aromatic N) is 1. The van der Waals surface area contributed by atoms with Crippen LogP contribution in [0.5, 0.6) is 0 Å². The summed E-state index contributed by atoms with van der Waals surface area (Å²) in [5, 5.41) is 5.77. The van der Waals surface area contributed by atoms with Crippen molar-refractivity contribution in [2.75, 3.05) is 0 Å². The minimum atomic E-state index is -0.258. The van der Waals surface area contributed by atoms with Gasteiger partial charge in [-0.3, -0.25) is 4.79 Å². The molecule has 0 saturated heterocycles. The standard InChI is InChI=1S/C22H17BrCl2N2O/c23-18-3-1-2-17(14-18)22(28)27-26-21(12-15-4-8-19(24)9-5-15)13-16-6-10-20(25)11-7-16/h1-11,14H,12-13H2,(H,27,28). The Hall–Kier alpha value is -2.14. The summed E-state index contributed by atoms with van der Waals surface area (Å²) in [6.45, 7) is 0. The molecule has 3 aromatic carbocycles. The first-order valence-electron chi connectivity index (χ1n) is 8.60. The molecule has 28 heavy (non-hydrogen) atoms. The normalized spacial score (nSPS) is 10.4. The van der Waals surface area contributed by atoms with Gasteiger partial charge >= 0.3 is 0 Å². The summed E-state index contributed by atoms with van der Waals surface area (Å²) in [6, 6.07) is 22.4. The summed E-state index contributed by atoms with van der Waals surface area (Å²) < 4.78 is 0.840. The van der Waals surface area contributed by atoms with Crippen LogP contribution in [-0.2, 0) is 12.8 Å². The van der Waals surface area contributed by atoms with Crippen LogP contribution in [0.1, 0.15) is 21.5 Å². The lowest BCUT2D eigenvalue weighted by Gasteiger charge is -2.09. The zero-order valence-corrected chi connectivity index (χ0v) is 17.9. The Balaban J connectivity index is 1.79. The molecule has 0 fully saturated rings. The van der Waals surface area contributed by atoms with Gasteiger partial charge in [0.2, 0.25) is 0 Å². The van der Waals surface area contributed by atoms with Crippen molar-refractivity contribution < 1.29 is 4.79 Å². The molecular weight excluding hydrogens is 459 g/mol. The molecular formula is C22H17BrCl2N2O. The number of carbonyl (C=O) groups is 1. The molecule has 0 heterocycles. The second-order valence-electron chi connectivity index (χ2n) is 6.24. The van der Waals surface area contributed by atoms with Crippen LogP contribution in [0.4, 0.5) is 0 Å². The predicted octanol–water partition coefficient (Wildman–Crippen LogP) is 6.33. The monoisotopic (exact) mass is 474 g/mol. The molecule has 0 saturated carbocycles. The van der Waals surface area contributed by atoms with E-state index in [1.54, 1.807) is 12.1 Å². The fourth-order valence-corrected chi connectivity index (χ4v) is 3.29. The second-order valence-corrected chi connectivity index (χ2v) is 8.02. The van der Waals surface area contributed by atoms with Crippen molar-refractivity contribution in [2.24, 2.45) is 5.10 Å². The molecule has 6 heteroatoms. The Morgan fingerprint density at radius 3 is 1.89 bits per heavy atom. The van der Waals surface area contributed by atoms with E-state index in [4.69, 9.17) is 23.2 Å². The summed E-state index contributed by atoms with van der Waals surface area (Å²) in [5.74, 6) is -0.258. The van der Waals surface area contributed by atoms with Gasteiger partial charge < -0.3 is 0 Å². The van der Waals surface area contributed by atoms with Crippen molar-refractivity contribution >= 4 is 50.8 Å². The summed E-state index contributed by atoms with van der Waals surface area (Å²) in [5.41, 5.74) is 6.16. The Kier molecular flexibility index (Phi) is 7.26. The van der Waals surface area contributed by atoms with Gasteiger partial charge in [-0.15, -0.1) is 0 Å². The lowest BCUT2D eigenvalue weighted by atomic mass is 10.0. The number of hydrogen-bond acceptors (Lipinski definition) is 2. The molecule has 0 bridgehead atoms. The average Bonchev–Trinajstić information content (AvgIpc) is 2.69. The zero-order valence-electron chi connectivity index (χ0n) is 14.8. The highest BCUT2D eigenvalue weighted by atomic mass is 79.9. The van der Waals surface area contributed by atoms with Gasteiger partial charge in [0.25, 0.3) is 5.91 Å². The zero-order chi connectivity index (χ0) is 19.9. The fraction of sp³-hybridized carbons (Fsp3) is 0.0909. The number of carbonyl (C=O) groups excluding carboxylic acids is 1. The number of amides is 1. The molecule has 1 N–H and O–H groups in total. The van der Waals surface area contributed by atoms with E-state index in [0.717, 1.165) is 21.3 Å². The molecule has 0 aromatic heterocycles. The average molecular weight is 476 g/mol. The van der Waals surface area contributed by atoms with Crippen LogP contribution in [0.15, 0.2) is 82.4 Å². The maximum atomic E-state index is 12.4. The van der Waals surface area contributed by atoms with Crippen molar-refractivity contribution in [1.82, 2.24) is 5.43 Å². The van der Waals surface area contributed by atoms with Gasteiger partial charge in [0.15, 0.2) is 0 Å². The number of halogens is 3. The smallest absolute Gasteiger partial charge is 0.267 e. The van der Waals surface area contributed by atoms with Crippen LogP contribution >= 0.6 is 39.1 Å². The molecule has 142 valence electrons. The van der Waals surface area contributed by atoms with Crippen molar-refractivity contribution in [1.29, 1.82) is 0 Å². The summed E-state index contributed by atoms with van der Waals surface area (Å²) >= 11 is 15.3. The van der Waals surface area contributed by atoms with Gasteiger partial charge in [0.05, 0.1) is 0 Å². The summed E-state index contributed by atoms with van der Waals surface area (Å²) in [6.07, 6.45) is 1.19. The van der Waals surface area contributed by atoms with E-state index < -0.39 is 0 Å². The first-order valence-corrected chi connectivity index (χ1v) is 10.1. The third-order valence-electron chi connectivity index (χ3n) is 4.05. The SMILES string of the molecule is O=C(NN=C(Cc1ccc(Cl)cc1)Cc1ccc(Cl)cc1)c1cccc(Br)c1. The molecule has 3 aromatic rings. The second kappa shape index (κ2) is 9.87. The Labute approximate surface area is 182 Å². The highest BCUT2D eigenvalue weighted by molar-refractivity contribution is 9.10. The van der Waals surface area contributed by atoms with Crippen LogP contribution in [0.3, 0.4) is 0 Å².